The van der Waals surface area contributed by atoms with E-state index < -0.39 is 10.0 Å². The summed E-state index contributed by atoms with van der Waals surface area (Å²) in [6.07, 6.45) is 3.86. The molecule has 1 aromatic carbocycles. The van der Waals surface area contributed by atoms with Crippen LogP contribution in [0.1, 0.15) is 38.2 Å². The quantitative estimate of drug-likeness (QED) is 0.225. The minimum Gasteiger partial charge on any atom is -0.385 e. The Labute approximate surface area is 186 Å². The van der Waals surface area contributed by atoms with Crippen molar-refractivity contribution in [3.63, 3.8) is 0 Å². The van der Waals surface area contributed by atoms with Crippen molar-refractivity contribution in [1.29, 1.82) is 0 Å². The van der Waals surface area contributed by atoms with E-state index in [1.165, 1.54) is 0 Å². The first-order valence-corrected chi connectivity index (χ1v) is 11.1. The molecule has 2 rings (SSSR count). The molecule has 0 bridgehead atoms. The van der Waals surface area contributed by atoms with Gasteiger partial charge in [-0.1, -0.05) is 18.6 Å². The van der Waals surface area contributed by atoms with E-state index in [1.807, 2.05) is 13.0 Å². The van der Waals surface area contributed by atoms with Crippen molar-refractivity contribution >= 4 is 40.0 Å². The van der Waals surface area contributed by atoms with E-state index in [2.05, 4.69) is 15.6 Å². The number of nitrogens with zero attached hydrogens (tertiary/aromatic N) is 2. The molecule has 0 unspecified atom stereocenters. The highest BCUT2D eigenvalue weighted by Gasteiger charge is 2.25. The molecule has 1 aromatic rings. The first kappa shape index (κ1) is 25.1. The van der Waals surface area contributed by atoms with Crippen molar-refractivity contribution in [2.45, 2.75) is 44.0 Å². The Kier molecular flexibility index (Phi) is 12.0. The number of methoxy groups -OCH3 is 1. The van der Waals surface area contributed by atoms with Gasteiger partial charge in [-0.15, -0.1) is 24.0 Å². The van der Waals surface area contributed by atoms with Gasteiger partial charge in [-0.05, 0) is 43.9 Å². The van der Waals surface area contributed by atoms with Gasteiger partial charge in [0, 0.05) is 39.9 Å². The summed E-state index contributed by atoms with van der Waals surface area (Å²) >= 11 is 0. The molecule has 0 atom stereocenters. The van der Waals surface area contributed by atoms with Gasteiger partial charge in [-0.2, -0.15) is 4.31 Å². The summed E-state index contributed by atoms with van der Waals surface area (Å²) in [6, 6.07) is 7.11. The number of nitrogens with one attached hydrogen (secondary N) is 2. The van der Waals surface area contributed by atoms with Gasteiger partial charge < -0.3 is 15.4 Å². The van der Waals surface area contributed by atoms with Crippen molar-refractivity contribution in [3.05, 3.63) is 29.8 Å². The lowest BCUT2D eigenvalue weighted by atomic mass is 10.2. The average molecular weight is 524 g/mol. The van der Waals surface area contributed by atoms with Gasteiger partial charge in [0.25, 0.3) is 0 Å². The van der Waals surface area contributed by atoms with Crippen molar-refractivity contribution in [2.75, 3.05) is 39.9 Å². The summed E-state index contributed by atoms with van der Waals surface area (Å²) in [7, 11) is -1.73. The van der Waals surface area contributed by atoms with Crippen LogP contribution in [0.3, 0.4) is 0 Å². The van der Waals surface area contributed by atoms with Crippen LogP contribution in [-0.2, 0) is 21.3 Å². The lowest BCUT2D eigenvalue weighted by Crippen LogP contribution is -2.38. The van der Waals surface area contributed by atoms with E-state index in [9.17, 15) is 8.42 Å². The molecule has 1 heterocycles. The third kappa shape index (κ3) is 7.84. The Balaban J connectivity index is 0.00000392. The number of guanidine groups is 1. The predicted octanol–water partition coefficient (Wildman–Crippen LogP) is 2.57. The van der Waals surface area contributed by atoms with Crippen LogP contribution < -0.4 is 10.6 Å². The molecule has 1 fully saturated rings. The van der Waals surface area contributed by atoms with E-state index in [1.54, 1.807) is 29.6 Å². The predicted molar refractivity (Wildman–Crippen MR) is 124 cm³/mol. The number of ether oxygens (including phenoxy) is 1. The highest BCUT2D eigenvalue weighted by molar-refractivity contribution is 14.0. The van der Waals surface area contributed by atoms with Crippen LogP contribution in [0.15, 0.2) is 34.2 Å². The van der Waals surface area contributed by atoms with Gasteiger partial charge >= 0.3 is 0 Å². The minimum atomic E-state index is -3.41. The molecule has 0 radical (unpaired) electrons. The van der Waals surface area contributed by atoms with Crippen molar-refractivity contribution < 1.29 is 13.2 Å². The number of halogens is 1. The largest absolute Gasteiger partial charge is 0.385 e. The van der Waals surface area contributed by atoms with Crippen LogP contribution >= 0.6 is 24.0 Å². The lowest BCUT2D eigenvalue weighted by molar-refractivity contribution is 0.195. The molecule has 1 saturated heterocycles. The zero-order valence-corrected chi connectivity index (χ0v) is 20.0. The highest BCUT2D eigenvalue weighted by Crippen LogP contribution is 2.21. The van der Waals surface area contributed by atoms with E-state index in [4.69, 9.17) is 4.74 Å². The molecule has 1 aliphatic rings. The monoisotopic (exact) mass is 524 g/mol. The number of sulfonamides is 1. The highest BCUT2D eigenvalue weighted by atomic mass is 127. The maximum Gasteiger partial charge on any atom is 0.243 e. The molecule has 28 heavy (non-hydrogen) atoms. The smallest absolute Gasteiger partial charge is 0.243 e. The molecule has 0 saturated carbocycles. The van der Waals surface area contributed by atoms with Gasteiger partial charge in [0.1, 0.15) is 0 Å². The zero-order valence-electron chi connectivity index (χ0n) is 16.8. The minimum absolute atomic E-state index is 0. The average Bonchev–Trinajstić information content (AvgIpc) is 2.70. The van der Waals surface area contributed by atoms with Crippen LogP contribution in [0.25, 0.3) is 0 Å². The fourth-order valence-corrected chi connectivity index (χ4v) is 4.58. The Morgan fingerprint density at radius 3 is 2.64 bits per heavy atom. The van der Waals surface area contributed by atoms with E-state index in [-0.39, 0.29) is 24.0 Å². The number of piperidine rings is 1. The topological polar surface area (TPSA) is 83.0 Å². The molecule has 1 aliphatic heterocycles. The molecule has 0 aliphatic carbocycles. The number of hydrogen-bond acceptors (Lipinski definition) is 4. The van der Waals surface area contributed by atoms with Crippen LogP contribution in [0.5, 0.6) is 0 Å². The number of aliphatic imine (C=N–C) groups is 1. The zero-order chi connectivity index (χ0) is 19.5. The Morgan fingerprint density at radius 1 is 1.21 bits per heavy atom. The lowest BCUT2D eigenvalue weighted by Gasteiger charge is -2.26. The molecule has 0 spiro atoms. The van der Waals surface area contributed by atoms with E-state index in [0.29, 0.717) is 31.1 Å². The summed E-state index contributed by atoms with van der Waals surface area (Å²) in [5.74, 6) is 0.720. The molecule has 160 valence electrons. The van der Waals surface area contributed by atoms with Crippen LogP contribution in [-0.4, -0.2) is 58.6 Å². The van der Waals surface area contributed by atoms with Gasteiger partial charge in [-0.25, -0.2) is 13.4 Å². The molecule has 0 aromatic heterocycles. The molecular formula is C19H33IN4O3S. The van der Waals surface area contributed by atoms with E-state index in [0.717, 1.165) is 50.3 Å². The SMILES string of the molecule is CCNC(=NCc1cccc(S(=O)(=O)N2CCCCC2)c1)NCCCOC.I. The number of hydrogen-bond donors (Lipinski definition) is 2. The van der Waals surface area contributed by atoms with Crippen molar-refractivity contribution in [3.8, 4) is 0 Å². The summed E-state index contributed by atoms with van der Waals surface area (Å²) in [4.78, 5) is 4.92. The van der Waals surface area contributed by atoms with Gasteiger partial charge in [0.2, 0.25) is 10.0 Å². The second kappa shape index (κ2) is 13.3. The summed E-state index contributed by atoms with van der Waals surface area (Å²) < 4.78 is 32.3. The fourth-order valence-electron chi connectivity index (χ4n) is 2.99. The van der Waals surface area contributed by atoms with Crippen molar-refractivity contribution in [1.82, 2.24) is 14.9 Å². The van der Waals surface area contributed by atoms with Crippen LogP contribution in [0.2, 0.25) is 0 Å². The standard InChI is InChI=1S/C19H32N4O3S.HI/c1-3-20-19(21-11-8-14-26-2)22-16-17-9-7-10-18(15-17)27(24,25)23-12-5-4-6-13-23;/h7,9-10,15H,3-6,8,11-14,16H2,1-2H3,(H2,20,21,22);1H. The molecule has 9 heteroatoms. The third-order valence-corrected chi connectivity index (χ3v) is 6.33. The second-order valence-corrected chi connectivity index (χ2v) is 8.52. The third-order valence-electron chi connectivity index (χ3n) is 4.43. The molecule has 7 nitrogen and oxygen atoms in total. The molecule has 0 amide bonds. The molecular weight excluding hydrogens is 491 g/mol. The Hall–Kier alpha value is -0.910. The Bertz CT molecular complexity index is 707. The van der Waals surface area contributed by atoms with E-state index >= 15 is 0 Å². The van der Waals surface area contributed by atoms with Crippen molar-refractivity contribution in [2.24, 2.45) is 4.99 Å². The first-order chi connectivity index (χ1) is 13.1. The fraction of sp³-hybridized carbons (Fsp3) is 0.632. The van der Waals surface area contributed by atoms with Crippen LogP contribution in [0, 0.1) is 0 Å². The normalized spacial score (nSPS) is 15.7. The first-order valence-electron chi connectivity index (χ1n) is 9.68. The van der Waals surface area contributed by atoms with Gasteiger partial charge in [-0.3, -0.25) is 0 Å². The van der Waals surface area contributed by atoms with Gasteiger partial charge in [0.15, 0.2) is 5.96 Å². The maximum absolute atomic E-state index is 12.8. The van der Waals surface area contributed by atoms with Crippen LogP contribution in [0.4, 0.5) is 0 Å². The number of rotatable bonds is 9. The maximum atomic E-state index is 12.8. The second-order valence-electron chi connectivity index (χ2n) is 6.58. The number of benzene rings is 1. The summed E-state index contributed by atoms with van der Waals surface area (Å²) in [6.45, 7) is 5.88. The molecule has 2 N–H and O–H groups in total. The Morgan fingerprint density at radius 2 is 1.96 bits per heavy atom. The summed E-state index contributed by atoms with van der Waals surface area (Å²) in [5, 5.41) is 6.45. The summed E-state index contributed by atoms with van der Waals surface area (Å²) in [5.41, 5.74) is 0.877. The van der Waals surface area contributed by atoms with Gasteiger partial charge in [0.05, 0.1) is 11.4 Å².